The van der Waals surface area contributed by atoms with Crippen LogP contribution in [0.3, 0.4) is 0 Å². The van der Waals surface area contributed by atoms with Gasteiger partial charge in [0.15, 0.2) is 5.03 Å². The molecule has 2 N–H and O–H groups in total. The summed E-state index contributed by atoms with van der Waals surface area (Å²) in [5.74, 6) is 0. The molecule has 1 saturated heterocycles. The molecule has 1 aliphatic heterocycles. The number of aromatic nitrogens is 2. The van der Waals surface area contributed by atoms with E-state index in [1.54, 1.807) is 0 Å². The Morgan fingerprint density at radius 2 is 2.18 bits per heavy atom. The summed E-state index contributed by atoms with van der Waals surface area (Å²) in [5, 5.41) is -0.0101. The van der Waals surface area contributed by atoms with Crippen LogP contribution in [0.4, 0.5) is 0 Å². The molecule has 2 rings (SSSR count). The maximum atomic E-state index is 12.1. The SMILES string of the molecule is Cl.NC1CCCN(S(=O)(=O)c2cnccn2)C1. The van der Waals surface area contributed by atoms with Crippen molar-refractivity contribution in [2.45, 2.75) is 23.9 Å². The number of hydrogen-bond acceptors (Lipinski definition) is 5. The van der Waals surface area contributed by atoms with Gasteiger partial charge in [0.1, 0.15) is 0 Å². The van der Waals surface area contributed by atoms with E-state index in [0.29, 0.717) is 13.1 Å². The maximum absolute atomic E-state index is 12.1. The van der Waals surface area contributed by atoms with E-state index in [-0.39, 0.29) is 23.5 Å². The molecule has 0 saturated carbocycles. The summed E-state index contributed by atoms with van der Waals surface area (Å²) < 4.78 is 25.6. The number of piperidine rings is 1. The molecule has 2 heterocycles. The summed E-state index contributed by atoms with van der Waals surface area (Å²) in [6, 6.07) is -0.0832. The molecule has 1 aliphatic rings. The van der Waals surface area contributed by atoms with Gasteiger partial charge in [-0.3, -0.25) is 4.98 Å². The Morgan fingerprint density at radius 1 is 1.41 bits per heavy atom. The Balaban J connectivity index is 0.00000144. The Morgan fingerprint density at radius 3 is 2.76 bits per heavy atom. The largest absolute Gasteiger partial charge is 0.327 e. The third kappa shape index (κ3) is 3.12. The highest BCUT2D eigenvalue weighted by Crippen LogP contribution is 2.17. The van der Waals surface area contributed by atoms with Gasteiger partial charge in [0.05, 0.1) is 6.20 Å². The van der Waals surface area contributed by atoms with E-state index in [4.69, 9.17) is 5.73 Å². The normalized spacial score (nSPS) is 21.8. The zero-order chi connectivity index (χ0) is 11.6. The second-order valence-electron chi connectivity index (χ2n) is 3.81. The van der Waals surface area contributed by atoms with Gasteiger partial charge >= 0.3 is 0 Å². The van der Waals surface area contributed by atoms with Gasteiger partial charge in [-0.15, -0.1) is 12.4 Å². The smallest absolute Gasteiger partial charge is 0.262 e. The fraction of sp³-hybridized carbons (Fsp3) is 0.556. The van der Waals surface area contributed by atoms with Crippen molar-refractivity contribution in [3.63, 3.8) is 0 Å². The number of nitrogens with zero attached hydrogens (tertiary/aromatic N) is 3. The van der Waals surface area contributed by atoms with Crippen LogP contribution < -0.4 is 5.73 Å². The molecule has 96 valence electrons. The molecule has 0 aromatic carbocycles. The van der Waals surface area contributed by atoms with Gasteiger partial charge in [-0.1, -0.05) is 0 Å². The first kappa shape index (κ1) is 14.3. The number of hydrogen-bond donors (Lipinski definition) is 1. The number of nitrogens with two attached hydrogens (primary N) is 1. The standard InChI is InChI=1S/C9H14N4O2S.ClH/c10-8-2-1-5-13(7-8)16(14,15)9-6-11-3-4-12-9;/h3-4,6,8H,1-2,5,7,10H2;1H. The van der Waals surface area contributed by atoms with Gasteiger partial charge in [0.25, 0.3) is 10.0 Å². The lowest BCUT2D eigenvalue weighted by atomic mass is 10.1. The minimum atomic E-state index is -3.52. The van der Waals surface area contributed by atoms with Crippen LogP contribution in [-0.2, 0) is 10.0 Å². The first-order valence-electron chi connectivity index (χ1n) is 5.12. The Labute approximate surface area is 107 Å². The summed E-state index contributed by atoms with van der Waals surface area (Å²) in [7, 11) is -3.52. The van der Waals surface area contributed by atoms with Crippen molar-refractivity contribution in [3.05, 3.63) is 18.6 Å². The fourth-order valence-corrected chi connectivity index (χ4v) is 3.15. The summed E-state index contributed by atoms with van der Waals surface area (Å²) in [4.78, 5) is 7.58. The fourth-order valence-electron chi connectivity index (χ4n) is 1.74. The van der Waals surface area contributed by atoms with Crippen molar-refractivity contribution in [1.82, 2.24) is 14.3 Å². The van der Waals surface area contributed by atoms with Gasteiger partial charge in [0.2, 0.25) is 0 Å². The zero-order valence-electron chi connectivity index (χ0n) is 9.19. The van der Waals surface area contributed by atoms with Gasteiger partial charge < -0.3 is 5.73 Å². The van der Waals surface area contributed by atoms with Gasteiger partial charge in [-0.25, -0.2) is 13.4 Å². The summed E-state index contributed by atoms with van der Waals surface area (Å²) >= 11 is 0. The van der Waals surface area contributed by atoms with Crippen molar-refractivity contribution in [2.75, 3.05) is 13.1 Å². The van der Waals surface area contributed by atoms with E-state index < -0.39 is 10.0 Å². The quantitative estimate of drug-likeness (QED) is 0.823. The zero-order valence-corrected chi connectivity index (χ0v) is 10.8. The molecule has 0 radical (unpaired) electrons. The van der Waals surface area contributed by atoms with Crippen molar-refractivity contribution in [1.29, 1.82) is 0 Å². The van der Waals surface area contributed by atoms with Gasteiger partial charge in [-0.05, 0) is 12.8 Å². The number of rotatable bonds is 2. The van der Waals surface area contributed by atoms with Crippen LogP contribution in [0.25, 0.3) is 0 Å². The minimum Gasteiger partial charge on any atom is -0.327 e. The molecule has 1 atom stereocenters. The van der Waals surface area contributed by atoms with Gasteiger partial charge in [0, 0.05) is 31.5 Å². The van der Waals surface area contributed by atoms with Crippen LogP contribution in [0.15, 0.2) is 23.6 Å². The monoisotopic (exact) mass is 278 g/mol. The Kier molecular flexibility index (Phi) is 4.81. The maximum Gasteiger partial charge on any atom is 0.262 e. The van der Waals surface area contributed by atoms with Crippen LogP contribution in [0, 0.1) is 0 Å². The lowest BCUT2D eigenvalue weighted by Gasteiger charge is -2.29. The predicted octanol–water partition coefficient (Wildman–Crippen LogP) is 0.0102. The van der Waals surface area contributed by atoms with Crippen LogP contribution in [0.1, 0.15) is 12.8 Å². The second-order valence-corrected chi connectivity index (χ2v) is 5.69. The van der Waals surface area contributed by atoms with Crippen LogP contribution >= 0.6 is 12.4 Å². The molecule has 1 fully saturated rings. The van der Waals surface area contributed by atoms with E-state index in [1.807, 2.05) is 0 Å². The highest BCUT2D eigenvalue weighted by Gasteiger charge is 2.29. The Hall–Kier alpha value is -0.760. The third-order valence-electron chi connectivity index (χ3n) is 2.56. The summed E-state index contributed by atoms with van der Waals surface area (Å²) in [6.07, 6.45) is 5.74. The van der Waals surface area contributed by atoms with Crippen LogP contribution in [0.5, 0.6) is 0 Å². The predicted molar refractivity (Wildman–Crippen MR) is 65.2 cm³/mol. The van der Waals surface area contributed by atoms with Crippen molar-refractivity contribution in [2.24, 2.45) is 5.73 Å². The minimum absolute atomic E-state index is 0. The van der Waals surface area contributed by atoms with E-state index in [2.05, 4.69) is 9.97 Å². The van der Waals surface area contributed by atoms with Crippen molar-refractivity contribution >= 4 is 22.4 Å². The summed E-state index contributed by atoms with van der Waals surface area (Å²) in [6.45, 7) is 0.867. The molecule has 17 heavy (non-hydrogen) atoms. The first-order chi connectivity index (χ1) is 7.60. The average Bonchev–Trinajstić information content (AvgIpc) is 2.30. The topological polar surface area (TPSA) is 89.2 Å². The first-order valence-corrected chi connectivity index (χ1v) is 6.56. The van der Waals surface area contributed by atoms with Crippen LogP contribution in [-0.4, -0.2) is 41.8 Å². The van der Waals surface area contributed by atoms with Crippen molar-refractivity contribution in [3.8, 4) is 0 Å². The molecule has 1 unspecified atom stereocenters. The molecule has 1 aromatic heterocycles. The molecule has 1 aromatic rings. The molecular formula is C9H15ClN4O2S. The molecule has 0 spiro atoms. The van der Waals surface area contributed by atoms with E-state index in [9.17, 15) is 8.42 Å². The molecule has 0 bridgehead atoms. The van der Waals surface area contributed by atoms with E-state index in [0.717, 1.165) is 12.8 Å². The third-order valence-corrected chi connectivity index (χ3v) is 4.32. The number of sulfonamides is 1. The Bertz CT molecular complexity index is 453. The summed E-state index contributed by atoms with van der Waals surface area (Å²) in [5.41, 5.74) is 5.76. The van der Waals surface area contributed by atoms with Crippen LogP contribution in [0.2, 0.25) is 0 Å². The molecular weight excluding hydrogens is 264 g/mol. The molecule has 0 aliphatic carbocycles. The lowest BCUT2D eigenvalue weighted by Crippen LogP contribution is -2.45. The average molecular weight is 279 g/mol. The molecule has 0 amide bonds. The van der Waals surface area contributed by atoms with E-state index >= 15 is 0 Å². The highest BCUT2D eigenvalue weighted by molar-refractivity contribution is 7.89. The van der Waals surface area contributed by atoms with Crippen molar-refractivity contribution < 1.29 is 8.42 Å². The molecule has 6 nitrogen and oxygen atoms in total. The second kappa shape index (κ2) is 5.72. The van der Waals surface area contributed by atoms with E-state index in [1.165, 1.54) is 22.9 Å². The number of halogens is 1. The molecule has 8 heteroatoms. The van der Waals surface area contributed by atoms with Gasteiger partial charge in [-0.2, -0.15) is 4.31 Å². The lowest BCUT2D eigenvalue weighted by molar-refractivity contribution is 0.315. The highest BCUT2D eigenvalue weighted by atomic mass is 35.5.